The molecule has 2 aromatic carbocycles. The van der Waals surface area contributed by atoms with Gasteiger partial charge in [-0.15, -0.1) is 0 Å². The lowest BCUT2D eigenvalue weighted by molar-refractivity contribution is 0.626. The van der Waals surface area contributed by atoms with Gasteiger partial charge in [0.25, 0.3) is 0 Å². The summed E-state index contributed by atoms with van der Waals surface area (Å²) in [6.07, 6.45) is 1.02. The van der Waals surface area contributed by atoms with Crippen molar-refractivity contribution in [3.05, 3.63) is 65.5 Å². The average molecular weight is 229 g/mol. The molecule has 1 nitrogen and oxygen atoms in total. The van der Waals surface area contributed by atoms with E-state index in [-0.39, 0.29) is 5.82 Å². The normalized spacial score (nSPS) is 10.2. The highest BCUT2D eigenvalue weighted by molar-refractivity contribution is 5.46. The van der Waals surface area contributed by atoms with E-state index >= 15 is 0 Å². The van der Waals surface area contributed by atoms with Crippen molar-refractivity contribution in [2.24, 2.45) is 0 Å². The molecule has 0 saturated carbocycles. The zero-order chi connectivity index (χ0) is 12.1. The molecule has 0 atom stereocenters. The van der Waals surface area contributed by atoms with Gasteiger partial charge in [0.05, 0.1) is 0 Å². The lowest BCUT2D eigenvalue weighted by Gasteiger charge is -2.08. The van der Waals surface area contributed by atoms with E-state index in [1.807, 2.05) is 18.2 Å². The molecule has 0 amide bonds. The monoisotopic (exact) mass is 229 g/mol. The summed E-state index contributed by atoms with van der Waals surface area (Å²) in [7, 11) is 0. The van der Waals surface area contributed by atoms with E-state index in [4.69, 9.17) is 0 Å². The number of rotatable bonds is 4. The molecule has 0 spiro atoms. The fourth-order valence-electron chi connectivity index (χ4n) is 1.75. The Hall–Kier alpha value is -1.83. The zero-order valence-electron chi connectivity index (χ0n) is 9.91. The number of benzene rings is 2. The number of aryl methyl sites for hydroxylation is 1. The second-order valence-corrected chi connectivity index (χ2v) is 4.04. The molecule has 88 valence electrons. The standard InChI is InChI=1S/C15H16FN/c1-2-12-5-4-8-15(10-12)17-11-13-6-3-7-14(16)9-13/h3-10,17H,2,11H2,1H3. The van der Waals surface area contributed by atoms with Gasteiger partial charge in [-0.25, -0.2) is 4.39 Å². The number of hydrogen-bond acceptors (Lipinski definition) is 1. The second kappa shape index (κ2) is 5.48. The molecular formula is C15H16FN. The predicted molar refractivity (Wildman–Crippen MR) is 69.5 cm³/mol. The summed E-state index contributed by atoms with van der Waals surface area (Å²) in [5.74, 6) is -0.188. The first-order chi connectivity index (χ1) is 8.28. The number of hydrogen-bond donors (Lipinski definition) is 1. The minimum absolute atomic E-state index is 0.188. The molecule has 0 fully saturated rings. The molecule has 0 aliphatic heterocycles. The highest BCUT2D eigenvalue weighted by Gasteiger charge is 1.97. The second-order valence-electron chi connectivity index (χ2n) is 4.04. The van der Waals surface area contributed by atoms with Crippen molar-refractivity contribution in [1.29, 1.82) is 0 Å². The first-order valence-corrected chi connectivity index (χ1v) is 5.85. The van der Waals surface area contributed by atoms with E-state index in [9.17, 15) is 4.39 Å². The summed E-state index contributed by atoms with van der Waals surface area (Å²) < 4.78 is 13.0. The van der Waals surface area contributed by atoms with Crippen molar-refractivity contribution in [3.8, 4) is 0 Å². The van der Waals surface area contributed by atoms with Crippen molar-refractivity contribution in [2.75, 3.05) is 5.32 Å². The van der Waals surface area contributed by atoms with Crippen LogP contribution >= 0.6 is 0 Å². The van der Waals surface area contributed by atoms with Gasteiger partial charge in [0.2, 0.25) is 0 Å². The summed E-state index contributed by atoms with van der Waals surface area (Å²) in [6, 6.07) is 14.9. The average Bonchev–Trinajstić information content (AvgIpc) is 2.37. The fraction of sp³-hybridized carbons (Fsp3) is 0.200. The van der Waals surface area contributed by atoms with Crippen molar-refractivity contribution in [3.63, 3.8) is 0 Å². The van der Waals surface area contributed by atoms with E-state index in [1.54, 1.807) is 12.1 Å². The maximum Gasteiger partial charge on any atom is 0.123 e. The molecule has 0 aromatic heterocycles. The van der Waals surface area contributed by atoms with Crippen molar-refractivity contribution >= 4 is 5.69 Å². The third-order valence-corrected chi connectivity index (χ3v) is 2.72. The van der Waals surface area contributed by atoms with Crippen molar-refractivity contribution < 1.29 is 4.39 Å². The summed E-state index contributed by atoms with van der Waals surface area (Å²) in [5.41, 5.74) is 3.33. The Morgan fingerprint density at radius 3 is 2.53 bits per heavy atom. The Balaban J connectivity index is 2.02. The molecule has 17 heavy (non-hydrogen) atoms. The zero-order valence-corrected chi connectivity index (χ0v) is 9.91. The molecule has 1 N–H and O–H groups in total. The van der Waals surface area contributed by atoms with Gasteiger partial charge in [0.1, 0.15) is 5.82 Å². The van der Waals surface area contributed by atoms with Crippen LogP contribution in [0.2, 0.25) is 0 Å². The van der Waals surface area contributed by atoms with Gasteiger partial charge >= 0.3 is 0 Å². The van der Waals surface area contributed by atoms with Gasteiger partial charge in [0.15, 0.2) is 0 Å². The predicted octanol–water partition coefficient (Wildman–Crippen LogP) is 4.00. The molecule has 0 aliphatic carbocycles. The number of nitrogens with one attached hydrogen (secondary N) is 1. The Bertz CT molecular complexity index is 494. The van der Waals surface area contributed by atoms with Crippen LogP contribution in [0.1, 0.15) is 18.1 Å². The minimum atomic E-state index is -0.188. The Morgan fingerprint density at radius 1 is 1.00 bits per heavy atom. The SMILES string of the molecule is CCc1cccc(NCc2cccc(F)c2)c1. The van der Waals surface area contributed by atoms with Crippen LogP contribution in [0.4, 0.5) is 10.1 Å². The summed E-state index contributed by atoms with van der Waals surface area (Å²) in [4.78, 5) is 0. The maximum atomic E-state index is 13.0. The molecule has 0 aliphatic rings. The van der Waals surface area contributed by atoms with Gasteiger partial charge < -0.3 is 5.32 Å². The third kappa shape index (κ3) is 3.31. The fourth-order valence-corrected chi connectivity index (χ4v) is 1.75. The van der Waals surface area contributed by atoms with Gasteiger partial charge in [-0.2, -0.15) is 0 Å². The van der Waals surface area contributed by atoms with E-state index in [2.05, 4.69) is 24.4 Å². The lowest BCUT2D eigenvalue weighted by atomic mass is 10.1. The molecule has 0 saturated heterocycles. The largest absolute Gasteiger partial charge is 0.381 e. The van der Waals surface area contributed by atoms with Gasteiger partial charge in [-0.3, -0.25) is 0 Å². The number of anilines is 1. The Kier molecular flexibility index (Phi) is 3.76. The van der Waals surface area contributed by atoms with Crippen molar-refractivity contribution in [1.82, 2.24) is 0 Å². The number of halogens is 1. The van der Waals surface area contributed by atoms with Crippen LogP contribution in [0.15, 0.2) is 48.5 Å². The minimum Gasteiger partial charge on any atom is -0.381 e. The molecule has 0 heterocycles. The van der Waals surface area contributed by atoms with E-state index in [0.717, 1.165) is 17.7 Å². The quantitative estimate of drug-likeness (QED) is 0.835. The molecular weight excluding hydrogens is 213 g/mol. The van der Waals surface area contributed by atoms with Crippen LogP contribution in [-0.2, 0) is 13.0 Å². The third-order valence-electron chi connectivity index (χ3n) is 2.72. The van der Waals surface area contributed by atoms with Crippen LogP contribution in [0, 0.1) is 5.82 Å². The van der Waals surface area contributed by atoms with Crippen LogP contribution in [0.3, 0.4) is 0 Å². The highest BCUT2D eigenvalue weighted by atomic mass is 19.1. The summed E-state index contributed by atoms with van der Waals surface area (Å²) in [5, 5.41) is 3.30. The van der Waals surface area contributed by atoms with Gasteiger partial charge in [-0.1, -0.05) is 31.2 Å². The van der Waals surface area contributed by atoms with Crippen molar-refractivity contribution in [2.45, 2.75) is 19.9 Å². The van der Waals surface area contributed by atoms with Crippen LogP contribution < -0.4 is 5.32 Å². The van der Waals surface area contributed by atoms with Crippen LogP contribution in [0.25, 0.3) is 0 Å². The van der Waals surface area contributed by atoms with E-state index in [0.29, 0.717) is 6.54 Å². The molecule has 2 aromatic rings. The Morgan fingerprint density at radius 2 is 1.76 bits per heavy atom. The molecule has 2 heteroatoms. The topological polar surface area (TPSA) is 12.0 Å². The maximum absolute atomic E-state index is 13.0. The lowest BCUT2D eigenvalue weighted by Crippen LogP contribution is -2.00. The molecule has 0 radical (unpaired) electrons. The van der Waals surface area contributed by atoms with E-state index < -0.39 is 0 Å². The summed E-state index contributed by atoms with van der Waals surface area (Å²) in [6.45, 7) is 2.77. The highest BCUT2D eigenvalue weighted by Crippen LogP contribution is 2.13. The first-order valence-electron chi connectivity index (χ1n) is 5.85. The van der Waals surface area contributed by atoms with Gasteiger partial charge in [0, 0.05) is 12.2 Å². The molecule has 0 unspecified atom stereocenters. The van der Waals surface area contributed by atoms with Crippen LogP contribution in [-0.4, -0.2) is 0 Å². The molecule has 2 rings (SSSR count). The van der Waals surface area contributed by atoms with Gasteiger partial charge in [-0.05, 0) is 41.8 Å². The van der Waals surface area contributed by atoms with E-state index in [1.165, 1.54) is 11.6 Å². The molecule has 0 bridgehead atoms. The first kappa shape index (κ1) is 11.6. The smallest absolute Gasteiger partial charge is 0.123 e. The summed E-state index contributed by atoms with van der Waals surface area (Å²) >= 11 is 0. The Labute approximate surface area is 101 Å². The van der Waals surface area contributed by atoms with Crippen LogP contribution in [0.5, 0.6) is 0 Å².